The summed E-state index contributed by atoms with van der Waals surface area (Å²) in [6.45, 7) is 0.695. The highest BCUT2D eigenvalue weighted by atomic mass is 32.2. The lowest BCUT2D eigenvalue weighted by atomic mass is 10.0. The van der Waals surface area contributed by atoms with E-state index in [9.17, 15) is 8.42 Å². The summed E-state index contributed by atoms with van der Waals surface area (Å²) in [6.07, 6.45) is 0.727. The summed E-state index contributed by atoms with van der Waals surface area (Å²) in [5.74, 6) is 0.743. The van der Waals surface area contributed by atoms with Gasteiger partial charge in [0.2, 0.25) is 0 Å². The van der Waals surface area contributed by atoms with Crippen LogP contribution in [-0.2, 0) is 9.84 Å². The van der Waals surface area contributed by atoms with Crippen LogP contribution in [0.25, 0.3) is 0 Å². The van der Waals surface area contributed by atoms with Crippen molar-refractivity contribution >= 4 is 9.84 Å². The lowest BCUT2D eigenvalue weighted by Crippen LogP contribution is -2.39. The Labute approximate surface area is 73.4 Å². The second-order valence-corrected chi connectivity index (χ2v) is 5.61. The molecule has 0 aromatic carbocycles. The van der Waals surface area contributed by atoms with Gasteiger partial charge in [0.15, 0.2) is 9.84 Å². The Morgan fingerprint density at radius 3 is 2.75 bits per heavy atom. The minimum atomic E-state index is -2.77. The molecule has 0 aliphatic carbocycles. The third kappa shape index (κ3) is 2.43. The van der Waals surface area contributed by atoms with E-state index in [1.807, 2.05) is 7.05 Å². The molecule has 1 aliphatic rings. The smallest absolute Gasteiger partial charge is 0.150 e. The molecule has 4 nitrogen and oxygen atoms in total. The van der Waals surface area contributed by atoms with Crippen molar-refractivity contribution in [1.29, 1.82) is 0 Å². The molecule has 1 saturated heterocycles. The van der Waals surface area contributed by atoms with Crippen molar-refractivity contribution in [1.82, 2.24) is 5.32 Å². The van der Waals surface area contributed by atoms with E-state index in [0.29, 0.717) is 12.3 Å². The average Bonchev–Trinajstić information content (AvgIpc) is 2.31. The maximum Gasteiger partial charge on any atom is 0.150 e. The van der Waals surface area contributed by atoms with Gasteiger partial charge in [0, 0.05) is 12.6 Å². The van der Waals surface area contributed by atoms with Gasteiger partial charge in [-0.1, -0.05) is 0 Å². The van der Waals surface area contributed by atoms with Crippen LogP contribution >= 0.6 is 0 Å². The summed E-state index contributed by atoms with van der Waals surface area (Å²) in [4.78, 5) is 0. The second kappa shape index (κ2) is 3.72. The van der Waals surface area contributed by atoms with Gasteiger partial charge in [-0.25, -0.2) is 8.42 Å². The van der Waals surface area contributed by atoms with E-state index in [-0.39, 0.29) is 17.7 Å². The molecule has 0 aromatic rings. The molecular formula is C7H16N2O2S. The molecule has 2 atom stereocenters. The van der Waals surface area contributed by atoms with E-state index in [1.54, 1.807) is 0 Å². The second-order valence-electron chi connectivity index (χ2n) is 3.38. The molecule has 2 unspecified atom stereocenters. The zero-order valence-electron chi connectivity index (χ0n) is 7.29. The van der Waals surface area contributed by atoms with Gasteiger partial charge in [-0.15, -0.1) is 0 Å². The van der Waals surface area contributed by atoms with Crippen LogP contribution < -0.4 is 11.1 Å². The van der Waals surface area contributed by atoms with E-state index < -0.39 is 9.84 Å². The molecule has 0 aromatic heterocycles. The predicted molar refractivity (Wildman–Crippen MR) is 48.7 cm³/mol. The summed E-state index contributed by atoms with van der Waals surface area (Å²) in [5.41, 5.74) is 5.78. The number of sulfone groups is 1. The molecule has 1 fully saturated rings. The summed E-state index contributed by atoms with van der Waals surface area (Å²) >= 11 is 0. The first-order valence-corrected chi connectivity index (χ1v) is 5.98. The number of hydrogen-bond donors (Lipinski definition) is 2. The van der Waals surface area contributed by atoms with Crippen molar-refractivity contribution in [3.05, 3.63) is 0 Å². The number of rotatable bonds is 3. The van der Waals surface area contributed by atoms with Gasteiger partial charge < -0.3 is 11.1 Å². The van der Waals surface area contributed by atoms with Crippen LogP contribution in [-0.4, -0.2) is 39.6 Å². The zero-order valence-corrected chi connectivity index (χ0v) is 8.10. The van der Waals surface area contributed by atoms with Crippen LogP contribution in [0.5, 0.6) is 0 Å². The maximum absolute atomic E-state index is 11.1. The maximum atomic E-state index is 11.1. The predicted octanol–water partition coefficient (Wildman–Crippen LogP) is -1.03. The van der Waals surface area contributed by atoms with Gasteiger partial charge in [0.25, 0.3) is 0 Å². The first-order chi connectivity index (χ1) is 5.55. The van der Waals surface area contributed by atoms with E-state index in [4.69, 9.17) is 5.73 Å². The van der Waals surface area contributed by atoms with Gasteiger partial charge in [0.05, 0.1) is 11.5 Å². The van der Waals surface area contributed by atoms with Crippen molar-refractivity contribution in [3.8, 4) is 0 Å². The first kappa shape index (κ1) is 9.95. The number of nitrogens with one attached hydrogen (secondary N) is 1. The van der Waals surface area contributed by atoms with Crippen LogP contribution in [0.1, 0.15) is 6.42 Å². The Kier molecular flexibility index (Phi) is 3.09. The van der Waals surface area contributed by atoms with Gasteiger partial charge in [-0.05, 0) is 19.4 Å². The molecular weight excluding hydrogens is 176 g/mol. The molecule has 72 valence electrons. The van der Waals surface area contributed by atoms with Crippen molar-refractivity contribution in [2.45, 2.75) is 12.5 Å². The van der Waals surface area contributed by atoms with E-state index in [2.05, 4.69) is 5.32 Å². The molecule has 1 heterocycles. The highest BCUT2D eigenvalue weighted by molar-refractivity contribution is 7.91. The Hall–Kier alpha value is -0.130. The fourth-order valence-electron chi connectivity index (χ4n) is 1.56. The molecule has 12 heavy (non-hydrogen) atoms. The summed E-state index contributed by atoms with van der Waals surface area (Å²) in [7, 11) is -0.944. The third-order valence-corrected chi connectivity index (χ3v) is 4.11. The Morgan fingerprint density at radius 1 is 1.67 bits per heavy atom. The minimum Gasteiger partial charge on any atom is -0.326 e. The van der Waals surface area contributed by atoms with Crippen LogP contribution in [0.4, 0.5) is 0 Å². The normalized spacial score (nSPS) is 30.3. The molecule has 3 N–H and O–H groups in total. The van der Waals surface area contributed by atoms with Crippen molar-refractivity contribution in [2.24, 2.45) is 11.7 Å². The summed E-state index contributed by atoms with van der Waals surface area (Å²) < 4.78 is 22.1. The van der Waals surface area contributed by atoms with Crippen molar-refractivity contribution < 1.29 is 8.42 Å². The zero-order chi connectivity index (χ0) is 9.19. The average molecular weight is 192 g/mol. The van der Waals surface area contributed by atoms with Gasteiger partial charge in [-0.2, -0.15) is 0 Å². The van der Waals surface area contributed by atoms with Crippen LogP contribution in [0.3, 0.4) is 0 Å². The standard InChI is InChI=1S/C7H16N2O2S/c1-9-4-7(8)6-2-3-12(10,11)5-6/h6-7,9H,2-5,8H2,1H3. The third-order valence-electron chi connectivity index (χ3n) is 2.31. The van der Waals surface area contributed by atoms with Crippen molar-refractivity contribution in [3.63, 3.8) is 0 Å². The van der Waals surface area contributed by atoms with Crippen molar-refractivity contribution in [2.75, 3.05) is 25.1 Å². The fourth-order valence-corrected chi connectivity index (χ4v) is 3.46. The van der Waals surface area contributed by atoms with E-state index in [1.165, 1.54) is 0 Å². The topological polar surface area (TPSA) is 72.2 Å². The number of hydrogen-bond acceptors (Lipinski definition) is 4. The van der Waals surface area contributed by atoms with Gasteiger partial charge in [0.1, 0.15) is 0 Å². The molecule has 0 spiro atoms. The highest BCUT2D eigenvalue weighted by Gasteiger charge is 2.31. The Bertz CT molecular complexity index is 238. The number of nitrogens with two attached hydrogens (primary N) is 1. The Morgan fingerprint density at radius 2 is 2.33 bits per heavy atom. The molecule has 0 radical (unpaired) electrons. The van der Waals surface area contributed by atoms with E-state index >= 15 is 0 Å². The lowest BCUT2D eigenvalue weighted by Gasteiger charge is -2.16. The minimum absolute atomic E-state index is 0.0210. The van der Waals surface area contributed by atoms with Crippen LogP contribution in [0.15, 0.2) is 0 Å². The highest BCUT2D eigenvalue weighted by Crippen LogP contribution is 2.20. The van der Waals surface area contributed by atoms with Gasteiger partial charge >= 0.3 is 0 Å². The van der Waals surface area contributed by atoms with Crippen LogP contribution in [0.2, 0.25) is 0 Å². The molecule has 0 bridgehead atoms. The molecule has 0 amide bonds. The summed E-state index contributed by atoms with van der Waals surface area (Å²) in [6, 6.07) is -0.0210. The first-order valence-electron chi connectivity index (χ1n) is 4.16. The monoisotopic (exact) mass is 192 g/mol. The molecule has 1 rings (SSSR count). The number of likely N-dealkylation sites (N-methyl/N-ethyl adjacent to an activating group) is 1. The van der Waals surface area contributed by atoms with Gasteiger partial charge in [-0.3, -0.25) is 0 Å². The molecule has 0 saturated carbocycles. The van der Waals surface area contributed by atoms with Crippen LogP contribution in [0, 0.1) is 5.92 Å². The lowest BCUT2D eigenvalue weighted by molar-refractivity contribution is 0.448. The fraction of sp³-hybridized carbons (Fsp3) is 1.00. The largest absolute Gasteiger partial charge is 0.326 e. The molecule has 1 aliphatic heterocycles. The quantitative estimate of drug-likeness (QED) is 0.599. The molecule has 5 heteroatoms. The SMILES string of the molecule is CNCC(N)C1CCS(=O)(=O)C1. The Balaban J connectivity index is 2.46. The van der Waals surface area contributed by atoms with E-state index in [0.717, 1.165) is 6.42 Å². The summed E-state index contributed by atoms with van der Waals surface area (Å²) in [5, 5.41) is 2.95.